The molecule has 0 bridgehead atoms. The summed E-state index contributed by atoms with van der Waals surface area (Å²) in [6.45, 7) is 3.21. The van der Waals surface area contributed by atoms with Gasteiger partial charge in [-0.05, 0) is 31.7 Å². The van der Waals surface area contributed by atoms with Gasteiger partial charge in [0.15, 0.2) is 11.4 Å². The maximum absolute atomic E-state index is 6.52. The van der Waals surface area contributed by atoms with Crippen LogP contribution in [0.25, 0.3) is 22.1 Å². The molecule has 9 nitrogen and oxygen atoms in total. The summed E-state index contributed by atoms with van der Waals surface area (Å²) in [6, 6.07) is 6.38. The predicted molar refractivity (Wildman–Crippen MR) is 125 cm³/mol. The molecule has 0 unspecified atom stereocenters. The molecule has 3 aromatic heterocycles. The summed E-state index contributed by atoms with van der Waals surface area (Å²) < 4.78 is 17.6. The van der Waals surface area contributed by atoms with E-state index < -0.39 is 0 Å². The molecule has 33 heavy (non-hydrogen) atoms. The summed E-state index contributed by atoms with van der Waals surface area (Å²) in [5, 5.41) is 3.53. The molecule has 1 aromatic carbocycles. The summed E-state index contributed by atoms with van der Waals surface area (Å²) >= 11 is 0. The Morgan fingerprint density at radius 1 is 0.939 bits per heavy atom. The van der Waals surface area contributed by atoms with Crippen molar-refractivity contribution in [3.8, 4) is 5.75 Å². The second kappa shape index (κ2) is 8.82. The van der Waals surface area contributed by atoms with Crippen LogP contribution in [0.2, 0.25) is 0 Å². The highest BCUT2D eigenvalue weighted by atomic mass is 16.5. The van der Waals surface area contributed by atoms with E-state index in [0.717, 1.165) is 85.8 Å². The highest BCUT2D eigenvalue weighted by Gasteiger charge is 2.25. The summed E-state index contributed by atoms with van der Waals surface area (Å²) in [7, 11) is 0. The van der Waals surface area contributed by atoms with Gasteiger partial charge in [0, 0.05) is 49.3 Å². The standard InChI is InChI=1S/C24H26N6O3/c1-3-18(4-2-16(1)29-24-23-19(5-10-32-23)27-15-28-24)33-21-14-17(30-8-11-31-12-9-30)13-20-22(21)26-7-6-25-20/h5-7,10,13-16,18H,1-4,8-9,11-12H2,(H,27,28,29)/t16-,18+. The Labute approximate surface area is 191 Å². The first-order valence-corrected chi connectivity index (χ1v) is 11.5. The van der Waals surface area contributed by atoms with Gasteiger partial charge < -0.3 is 24.1 Å². The lowest BCUT2D eigenvalue weighted by Crippen LogP contribution is -2.36. The smallest absolute Gasteiger partial charge is 0.194 e. The summed E-state index contributed by atoms with van der Waals surface area (Å²) in [5.74, 6) is 1.57. The SMILES string of the molecule is c1cnc2c(O[C@H]3CC[C@@H](Nc4ncnc5ccoc45)CC3)cc(N3CCOCC3)cc2n1. The number of nitrogens with one attached hydrogen (secondary N) is 1. The van der Waals surface area contributed by atoms with Gasteiger partial charge in [0.05, 0.1) is 31.1 Å². The fourth-order valence-corrected chi connectivity index (χ4v) is 4.71. The fourth-order valence-electron chi connectivity index (χ4n) is 4.71. The van der Waals surface area contributed by atoms with Gasteiger partial charge in [-0.25, -0.2) is 15.0 Å². The molecule has 0 radical (unpaired) electrons. The Balaban J connectivity index is 1.16. The van der Waals surface area contributed by atoms with E-state index in [9.17, 15) is 0 Å². The Bertz CT molecular complexity index is 1250. The second-order valence-electron chi connectivity index (χ2n) is 8.56. The molecule has 1 saturated heterocycles. The predicted octanol–water partition coefficient (Wildman–Crippen LogP) is 3.80. The van der Waals surface area contributed by atoms with Crippen molar-refractivity contribution in [2.75, 3.05) is 36.5 Å². The van der Waals surface area contributed by atoms with Crippen LogP contribution in [0.15, 0.2) is 47.6 Å². The van der Waals surface area contributed by atoms with Gasteiger partial charge in [-0.15, -0.1) is 0 Å². The normalized spacial score (nSPS) is 21.4. The third-order valence-electron chi connectivity index (χ3n) is 6.45. The Hall–Kier alpha value is -3.46. The van der Waals surface area contributed by atoms with Gasteiger partial charge in [0.2, 0.25) is 0 Å². The number of rotatable bonds is 5. The number of hydrogen-bond acceptors (Lipinski definition) is 9. The lowest BCUT2D eigenvalue weighted by Gasteiger charge is -2.31. The van der Waals surface area contributed by atoms with Crippen LogP contribution in [0.3, 0.4) is 0 Å². The third-order valence-corrected chi connectivity index (χ3v) is 6.45. The first-order chi connectivity index (χ1) is 16.3. The zero-order valence-corrected chi connectivity index (χ0v) is 18.3. The highest BCUT2D eigenvalue weighted by molar-refractivity contribution is 5.85. The molecule has 1 N–H and O–H groups in total. The van der Waals surface area contributed by atoms with Crippen LogP contribution in [0.5, 0.6) is 5.75 Å². The lowest BCUT2D eigenvalue weighted by atomic mass is 9.93. The summed E-state index contributed by atoms with van der Waals surface area (Å²) in [6.07, 6.45) is 10.7. The van der Waals surface area contributed by atoms with Crippen LogP contribution in [0.1, 0.15) is 25.7 Å². The number of furan rings is 1. The molecule has 1 aliphatic heterocycles. The molecule has 6 rings (SSSR count). The fraction of sp³-hybridized carbons (Fsp3) is 0.417. The minimum atomic E-state index is 0.141. The number of ether oxygens (including phenoxy) is 2. The monoisotopic (exact) mass is 446 g/mol. The first-order valence-electron chi connectivity index (χ1n) is 11.5. The van der Waals surface area contributed by atoms with E-state index in [-0.39, 0.29) is 6.10 Å². The van der Waals surface area contributed by atoms with Gasteiger partial charge >= 0.3 is 0 Å². The van der Waals surface area contributed by atoms with Crippen molar-refractivity contribution in [1.29, 1.82) is 0 Å². The van der Waals surface area contributed by atoms with Crippen molar-refractivity contribution in [3.63, 3.8) is 0 Å². The molecule has 0 amide bonds. The van der Waals surface area contributed by atoms with Crippen LogP contribution in [-0.4, -0.2) is 58.4 Å². The number of nitrogens with zero attached hydrogens (tertiary/aromatic N) is 5. The lowest BCUT2D eigenvalue weighted by molar-refractivity contribution is 0.122. The quantitative estimate of drug-likeness (QED) is 0.491. The van der Waals surface area contributed by atoms with Crippen molar-refractivity contribution in [2.24, 2.45) is 0 Å². The first kappa shape index (κ1) is 20.2. The molecule has 0 spiro atoms. The van der Waals surface area contributed by atoms with Crippen molar-refractivity contribution >= 4 is 33.6 Å². The van der Waals surface area contributed by atoms with Crippen LogP contribution in [-0.2, 0) is 4.74 Å². The second-order valence-corrected chi connectivity index (χ2v) is 8.56. The maximum atomic E-state index is 6.52. The molecule has 1 aliphatic carbocycles. The number of benzene rings is 1. The number of morpholine rings is 1. The molecular weight excluding hydrogens is 420 g/mol. The Morgan fingerprint density at radius 3 is 2.67 bits per heavy atom. The molecule has 2 aliphatic rings. The van der Waals surface area contributed by atoms with Crippen LogP contribution in [0, 0.1) is 0 Å². The van der Waals surface area contributed by atoms with Crippen LogP contribution >= 0.6 is 0 Å². The van der Waals surface area contributed by atoms with E-state index in [4.69, 9.17) is 13.9 Å². The average molecular weight is 447 g/mol. The largest absolute Gasteiger partial charge is 0.488 e. The van der Waals surface area contributed by atoms with Gasteiger partial charge in [0.1, 0.15) is 23.1 Å². The van der Waals surface area contributed by atoms with Gasteiger partial charge in [-0.3, -0.25) is 4.98 Å². The molecular formula is C24H26N6O3. The summed E-state index contributed by atoms with van der Waals surface area (Å²) in [4.78, 5) is 20.0. The van der Waals surface area contributed by atoms with Gasteiger partial charge in [-0.1, -0.05) is 0 Å². The molecule has 4 aromatic rings. The van der Waals surface area contributed by atoms with Crippen molar-refractivity contribution in [1.82, 2.24) is 19.9 Å². The highest BCUT2D eigenvalue weighted by Crippen LogP contribution is 2.33. The number of anilines is 2. The van der Waals surface area contributed by atoms with E-state index in [0.29, 0.717) is 11.6 Å². The molecule has 2 fully saturated rings. The summed E-state index contributed by atoms with van der Waals surface area (Å²) in [5.41, 5.74) is 4.32. The van der Waals surface area contributed by atoms with E-state index in [2.05, 4.69) is 42.3 Å². The zero-order valence-electron chi connectivity index (χ0n) is 18.3. The zero-order chi connectivity index (χ0) is 22.0. The van der Waals surface area contributed by atoms with Crippen molar-refractivity contribution in [2.45, 2.75) is 37.8 Å². The minimum Gasteiger partial charge on any atom is -0.488 e. The van der Waals surface area contributed by atoms with E-state index in [1.54, 1.807) is 25.0 Å². The topological polar surface area (TPSA) is 98.4 Å². The molecule has 4 heterocycles. The van der Waals surface area contributed by atoms with E-state index >= 15 is 0 Å². The molecule has 0 atom stereocenters. The molecule has 9 heteroatoms. The van der Waals surface area contributed by atoms with E-state index in [1.807, 2.05) is 6.07 Å². The number of hydrogen-bond donors (Lipinski definition) is 1. The minimum absolute atomic E-state index is 0.141. The van der Waals surface area contributed by atoms with Crippen LogP contribution < -0.4 is 15.0 Å². The van der Waals surface area contributed by atoms with Gasteiger partial charge in [0.25, 0.3) is 0 Å². The van der Waals surface area contributed by atoms with E-state index in [1.165, 1.54) is 0 Å². The molecule has 170 valence electrons. The number of aromatic nitrogens is 4. The van der Waals surface area contributed by atoms with Crippen LogP contribution in [0.4, 0.5) is 11.5 Å². The maximum Gasteiger partial charge on any atom is 0.194 e. The van der Waals surface area contributed by atoms with Crippen molar-refractivity contribution < 1.29 is 13.9 Å². The Morgan fingerprint density at radius 2 is 1.79 bits per heavy atom. The Kier molecular flexibility index (Phi) is 5.39. The molecule has 1 saturated carbocycles. The number of fused-ring (bicyclic) bond motifs is 2. The average Bonchev–Trinajstić information content (AvgIpc) is 3.36. The third kappa shape index (κ3) is 4.16. The van der Waals surface area contributed by atoms with Crippen molar-refractivity contribution in [3.05, 3.63) is 43.2 Å². The van der Waals surface area contributed by atoms with Gasteiger partial charge in [-0.2, -0.15) is 0 Å².